The summed E-state index contributed by atoms with van der Waals surface area (Å²) in [5, 5.41) is 8.46. The Kier molecular flexibility index (Phi) is 4.99. The first kappa shape index (κ1) is 17.7. The van der Waals surface area contributed by atoms with Crippen molar-refractivity contribution in [2.45, 2.75) is 13.8 Å². The summed E-state index contributed by atoms with van der Waals surface area (Å²) in [6.45, 7) is 3.73. The average Bonchev–Trinajstić information content (AvgIpc) is 2.86. The van der Waals surface area contributed by atoms with Crippen LogP contribution < -0.4 is 5.32 Å². The molecular weight excluding hydrogens is 383 g/mol. The Balaban J connectivity index is 2.03. The zero-order chi connectivity index (χ0) is 18.1. The minimum absolute atomic E-state index is 0.273. The maximum absolute atomic E-state index is 12.6. The molecule has 0 bridgehead atoms. The number of pyridine rings is 1. The number of rotatable bonds is 3. The van der Waals surface area contributed by atoms with Gasteiger partial charge in [-0.2, -0.15) is 5.10 Å². The zero-order valence-corrected chi connectivity index (χ0v) is 15.6. The van der Waals surface area contributed by atoms with E-state index in [1.54, 1.807) is 28.9 Å². The Bertz CT molecular complexity index is 969. The van der Waals surface area contributed by atoms with Crippen molar-refractivity contribution in [1.29, 1.82) is 0 Å². The van der Waals surface area contributed by atoms with Gasteiger partial charge in [0.15, 0.2) is 0 Å². The van der Waals surface area contributed by atoms with Gasteiger partial charge in [-0.25, -0.2) is 4.68 Å². The highest BCUT2D eigenvalue weighted by atomic mass is 35.5. The number of nitrogens with zero attached hydrogens (tertiary/aromatic N) is 3. The van der Waals surface area contributed by atoms with Crippen molar-refractivity contribution in [2.24, 2.45) is 0 Å². The molecular formula is C17H13Cl3N4O. The van der Waals surface area contributed by atoms with Crippen molar-refractivity contribution in [1.82, 2.24) is 14.8 Å². The van der Waals surface area contributed by atoms with Gasteiger partial charge in [0, 0.05) is 18.0 Å². The highest BCUT2D eigenvalue weighted by Crippen LogP contribution is 2.28. The summed E-state index contributed by atoms with van der Waals surface area (Å²) < 4.78 is 1.61. The van der Waals surface area contributed by atoms with Crippen LogP contribution in [0.25, 0.3) is 5.69 Å². The van der Waals surface area contributed by atoms with E-state index in [1.165, 1.54) is 12.4 Å². The average molecular weight is 396 g/mol. The number of anilines is 1. The molecule has 0 atom stereocenters. The van der Waals surface area contributed by atoms with Gasteiger partial charge in [-0.1, -0.05) is 34.8 Å². The van der Waals surface area contributed by atoms with E-state index in [9.17, 15) is 4.79 Å². The zero-order valence-electron chi connectivity index (χ0n) is 13.3. The van der Waals surface area contributed by atoms with E-state index in [4.69, 9.17) is 34.8 Å². The van der Waals surface area contributed by atoms with E-state index in [0.717, 1.165) is 11.3 Å². The topological polar surface area (TPSA) is 59.8 Å². The van der Waals surface area contributed by atoms with E-state index in [0.29, 0.717) is 27.1 Å². The lowest BCUT2D eigenvalue weighted by molar-refractivity contribution is 0.102. The Morgan fingerprint density at radius 3 is 2.52 bits per heavy atom. The molecule has 0 radical (unpaired) electrons. The van der Waals surface area contributed by atoms with Crippen LogP contribution in [-0.2, 0) is 0 Å². The van der Waals surface area contributed by atoms with E-state index >= 15 is 0 Å². The van der Waals surface area contributed by atoms with Crippen molar-refractivity contribution < 1.29 is 4.79 Å². The molecule has 1 aromatic carbocycles. The molecule has 5 nitrogen and oxygen atoms in total. The van der Waals surface area contributed by atoms with Crippen molar-refractivity contribution in [3.8, 4) is 5.69 Å². The van der Waals surface area contributed by atoms with E-state index in [-0.39, 0.29) is 10.9 Å². The highest BCUT2D eigenvalue weighted by molar-refractivity contribution is 6.42. The molecule has 1 N–H and O–H groups in total. The fourth-order valence-electron chi connectivity index (χ4n) is 2.29. The molecule has 0 saturated carbocycles. The first-order chi connectivity index (χ1) is 11.9. The maximum Gasteiger partial charge on any atom is 0.258 e. The van der Waals surface area contributed by atoms with E-state index < -0.39 is 0 Å². The van der Waals surface area contributed by atoms with Crippen LogP contribution in [0.2, 0.25) is 15.1 Å². The Labute approximate surface area is 159 Å². The van der Waals surface area contributed by atoms with Crippen molar-refractivity contribution >= 4 is 46.5 Å². The molecule has 8 heteroatoms. The quantitative estimate of drug-likeness (QED) is 0.671. The number of benzene rings is 1. The van der Waals surface area contributed by atoms with Crippen LogP contribution in [0.1, 0.15) is 21.6 Å². The van der Waals surface area contributed by atoms with E-state index in [1.807, 2.05) is 13.8 Å². The van der Waals surface area contributed by atoms with Crippen LogP contribution in [0, 0.1) is 13.8 Å². The molecule has 0 fully saturated rings. The lowest BCUT2D eigenvalue weighted by Gasteiger charge is -2.11. The molecule has 3 aromatic rings. The van der Waals surface area contributed by atoms with Crippen LogP contribution in [0.3, 0.4) is 0 Å². The van der Waals surface area contributed by atoms with Gasteiger partial charge in [0.25, 0.3) is 5.91 Å². The lowest BCUT2D eigenvalue weighted by Crippen LogP contribution is -2.16. The predicted octanol–water partition coefficient (Wildman–Crippen LogP) is 5.10. The van der Waals surface area contributed by atoms with Gasteiger partial charge in [-0.05, 0) is 38.1 Å². The van der Waals surface area contributed by atoms with E-state index in [2.05, 4.69) is 15.4 Å². The molecule has 0 saturated heterocycles. The molecule has 0 unspecified atom stereocenters. The molecule has 2 heterocycles. The standard InChI is InChI=1S/C17H13Cl3N4O/c1-9-10(2)23-24(11-3-4-13(18)14(19)7-11)16(9)22-17(25)12-5-6-21-8-15(12)20/h3-8H,1-2H3,(H,22,25). The Hall–Kier alpha value is -2.08. The molecule has 3 rings (SSSR count). The van der Waals surface area contributed by atoms with Crippen molar-refractivity contribution in [3.05, 3.63) is 68.5 Å². The molecule has 1 amide bonds. The first-order valence-electron chi connectivity index (χ1n) is 7.31. The summed E-state index contributed by atoms with van der Waals surface area (Å²) >= 11 is 18.1. The summed E-state index contributed by atoms with van der Waals surface area (Å²) in [4.78, 5) is 16.5. The summed E-state index contributed by atoms with van der Waals surface area (Å²) in [5.74, 6) is 0.186. The van der Waals surface area contributed by atoms with Crippen LogP contribution in [0.4, 0.5) is 5.82 Å². The van der Waals surface area contributed by atoms with Gasteiger partial charge >= 0.3 is 0 Å². The Morgan fingerprint density at radius 2 is 1.84 bits per heavy atom. The first-order valence-corrected chi connectivity index (χ1v) is 8.44. The molecule has 0 aliphatic heterocycles. The number of nitrogens with one attached hydrogen (secondary N) is 1. The van der Waals surface area contributed by atoms with Gasteiger partial charge in [0.05, 0.1) is 32.0 Å². The maximum atomic E-state index is 12.6. The molecule has 0 aliphatic rings. The number of hydrogen-bond donors (Lipinski definition) is 1. The summed E-state index contributed by atoms with van der Waals surface area (Å²) in [7, 11) is 0. The van der Waals surface area contributed by atoms with Gasteiger partial charge in [0.1, 0.15) is 5.82 Å². The molecule has 25 heavy (non-hydrogen) atoms. The fourth-order valence-corrected chi connectivity index (χ4v) is 2.79. The monoisotopic (exact) mass is 394 g/mol. The number of aryl methyl sites for hydroxylation is 1. The SMILES string of the molecule is Cc1nn(-c2ccc(Cl)c(Cl)c2)c(NC(=O)c2ccncc2Cl)c1C. The van der Waals surface area contributed by atoms with Crippen molar-refractivity contribution in [3.63, 3.8) is 0 Å². The third-order valence-electron chi connectivity index (χ3n) is 3.76. The van der Waals surface area contributed by atoms with Crippen LogP contribution in [0.5, 0.6) is 0 Å². The number of carbonyl (C=O) groups excluding carboxylic acids is 1. The number of hydrogen-bond acceptors (Lipinski definition) is 3. The Morgan fingerprint density at radius 1 is 1.08 bits per heavy atom. The summed E-state index contributed by atoms with van der Waals surface area (Å²) in [6.07, 6.45) is 2.93. The van der Waals surface area contributed by atoms with Crippen LogP contribution in [0.15, 0.2) is 36.7 Å². The largest absolute Gasteiger partial charge is 0.306 e. The number of halogens is 3. The van der Waals surface area contributed by atoms with Gasteiger partial charge in [-0.15, -0.1) is 0 Å². The number of aromatic nitrogens is 3. The smallest absolute Gasteiger partial charge is 0.258 e. The highest BCUT2D eigenvalue weighted by Gasteiger charge is 2.18. The second kappa shape index (κ2) is 7.04. The minimum atomic E-state index is -0.350. The second-order valence-electron chi connectivity index (χ2n) is 5.38. The fraction of sp³-hybridized carbons (Fsp3) is 0.118. The third-order valence-corrected chi connectivity index (χ3v) is 4.80. The van der Waals surface area contributed by atoms with Gasteiger partial charge < -0.3 is 5.32 Å². The van der Waals surface area contributed by atoms with Crippen LogP contribution >= 0.6 is 34.8 Å². The molecule has 2 aromatic heterocycles. The predicted molar refractivity (Wildman–Crippen MR) is 100 cm³/mol. The molecule has 0 spiro atoms. The van der Waals surface area contributed by atoms with Crippen molar-refractivity contribution in [2.75, 3.05) is 5.32 Å². The summed E-state index contributed by atoms with van der Waals surface area (Å²) in [5.41, 5.74) is 2.63. The second-order valence-corrected chi connectivity index (χ2v) is 6.60. The van der Waals surface area contributed by atoms with Gasteiger partial charge in [-0.3, -0.25) is 9.78 Å². The summed E-state index contributed by atoms with van der Waals surface area (Å²) in [6, 6.07) is 6.69. The molecule has 0 aliphatic carbocycles. The molecule has 128 valence electrons. The van der Waals surface area contributed by atoms with Gasteiger partial charge in [0.2, 0.25) is 0 Å². The normalized spacial score (nSPS) is 10.8. The number of amides is 1. The van der Waals surface area contributed by atoms with Crippen LogP contribution in [-0.4, -0.2) is 20.7 Å². The minimum Gasteiger partial charge on any atom is -0.306 e. The number of carbonyl (C=O) groups is 1. The third kappa shape index (κ3) is 3.49. The lowest BCUT2D eigenvalue weighted by atomic mass is 10.2.